The highest BCUT2D eigenvalue weighted by atomic mass is 35.5. The predicted molar refractivity (Wildman–Crippen MR) is 108 cm³/mol. The van der Waals surface area contributed by atoms with Gasteiger partial charge in [-0.15, -0.1) is 0 Å². The fourth-order valence-corrected chi connectivity index (χ4v) is 3.15. The van der Waals surface area contributed by atoms with Crippen molar-refractivity contribution in [2.45, 2.75) is 54.4 Å². The third-order valence-electron chi connectivity index (χ3n) is 3.10. The van der Waals surface area contributed by atoms with E-state index in [-0.39, 0.29) is 0 Å². The van der Waals surface area contributed by atoms with Gasteiger partial charge in [0.15, 0.2) is 0 Å². The molecular weight excluding hydrogens is 356 g/mol. The number of nitriles is 1. The molecule has 0 aliphatic carbocycles. The average Bonchev–Trinajstić information content (AvgIpc) is 2.98. The van der Waals surface area contributed by atoms with Crippen LogP contribution >= 0.6 is 11.6 Å². The van der Waals surface area contributed by atoms with Crippen LogP contribution in [0, 0.1) is 24.2 Å². The second-order valence-corrected chi connectivity index (χ2v) is 8.21. The maximum absolute atomic E-state index is 10.9. The standard InChI is InChI=1S/C8H6ClN.C6H13NO2S.C3H8.C2H6/c1-6-2-3-7(5-10)8(9)4-6;1-6-3-4-7(5-6)10(2,8)9;1-3-2;1-2/h2-4H,1H3;6H,3-5H2,1-2H3;3H2,1-2H3;1-2H3. The quantitative estimate of drug-likeness (QED) is 0.659. The Bertz CT molecular complexity index is 625. The van der Waals surface area contributed by atoms with Gasteiger partial charge < -0.3 is 0 Å². The number of sulfonamides is 1. The van der Waals surface area contributed by atoms with Crippen LogP contribution in [-0.2, 0) is 10.0 Å². The first kappa shape index (κ1) is 26.1. The van der Waals surface area contributed by atoms with Gasteiger partial charge in [0.05, 0.1) is 16.8 Å². The molecule has 25 heavy (non-hydrogen) atoms. The van der Waals surface area contributed by atoms with Gasteiger partial charge in [-0.1, -0.05) is 58.7 Å². The molecule has 0 aromatic heterocycles. The summed E-state index contributed by atoms with van der Waals surface area (Å²) in [6.45, 7) is 13.7. The highest BCUT2D eigenvalue weighted by molar-refractivity contribution is 7.88. The first-order valence-electron chi connectivity index (χ1n) is 8.77. The summed E-state index contributed by atoms with van der Waals surface area (Å²) in [4.78, 5) is 0. The summed E-state index contributed by atoms with van der Waals surface area (Å²) in [5.74, 6) is 0.537. The fourth-order valence-electron chi connectivity index (χ4n) is 1.91. The van der Waals surface area contributed by atoms with Crippen molar-refractivity contribution < 1.29 is 8.42 Å². The van der Waals surface area contributed by atoms with Crippen molar-refractivity contribution in [3.63, 3.8) is 0 Å². The molecule has 2 rings (SSSR count). The van der Waals surface area contributed by atoms with Gasteiger partial charge in [0.1, 0.15) is 6.07 Å². The average molecular weight is 389 g/mol. The number of rotatable bonds is 1. The van der Waals surface area contributed by atoms with Crippen LogP contribution in [0.5, 0.6) is 0 Å². The summed E-state index contributed by atoms with van der Waals surface area (Å²) in [6.07, 6.45) is 3.53. The number of halogens is 1. The number of benzene rings is 1. The number of nitrogens with zero attached hydrogens (tertiary/aromatic N) is 2. The molecule has 1 fully saturated rings. The topological polar surface area (TPSA) is 61.2 Å². The first-order valence-corrected chi connectivity index (χ1v) is 11.0. The van der Waals surface area contributed by atoms with Crippen LogP contribution in [0.25, 0.3) is 0 Å². The van der Waals surface area contributed by atoms with E-state index in [9.17, 15) is 8.42 Å². The molecule has 0 N–H and O–H groups in total. The van der Waals surface area contributed by atoms with Gasteiger partial charge in [-0.25, -0.2) is 12.7 Å². The van der Waals surface area contributed by atoms with Crippen molar-refractivity contribution >= 4 is 21.6 Å². The maximum Gasteiger partial charge on any atom is 0.211 e. The van der Waals surface area contributed by atoms with E-state index in [0.29, 0.717) is 29.6 Å². The lowest BCUT2D eigenvalue weighted by Crippen LogP contribution is -2.27. The Labute approximate surface area is 159 Å². The van der Waals surface area contributed by atoms with Crippen molar-refractivity contribution in [1.82, 2.24) is 4.31 Å². The zero-order valence-corrected chi connectivity index (χ0v) is 18.2. The molecule has 6 heteroatoms. The van der Waals surface area contributed by atoms with Crippen LogP contribution in [-0.4, -0.2) is 32.1 Å². The van der Waals surface area contributed by atoms with Crippen LogP contribution in [0.1, 0.15) is 58.6 Å². The van der Waals surface area contributed by atoms with Gasteiger partial charge >= 0.3 is 0 Å². The molecule has 0 amide bonds. The van der Waals surface area contributed by atoms with E-state index >= 15 is 0 Å². The summed E-state index contributed by atoms with van der Waals surface area (Å²) >= 11 is 5.71. The molecular formula is C19H33ClN2O2S. The van der Waals surface area contributed by atoms with Crippen molar-refractivity contribution in [3.05, 3.63) is 34.3 Å². The second kappa shape index (κ2) is 14.1. The molecule has 0 bridgehead atoms. The first-order chi connectivity index (χ1) is 11.6. The largest absolute Gasteiger partial charge is 0.213 e. The number of aryl methyl sites for hydroxylation is 1. The van der Waals surface area contributed by atoms with E-state index in [4.69, 9.17) is 16.9 Å². The second-order valence-electron chi connectivity index (χ2n) is 5.82. The van der Waals surface area contributed by atoms with E-state index in [1.54, 1.807) is 12.1 Å². The minimum atomic E-state index is -2.90. The smallest absolute Gasteiger partial charge is 0.211 e. The van der Waals surface area contributed by atoms with Crippen molar-refractivity contribution in [2.24, 2.45) is 5.92 Å². The number of hydrogen-bond acceptors (Lipinski definition) is 3. The Kier molecular flexibility index (Phi) is 14.8. The highest BCUT2D eigenvalue weighted by Crippen LogP contribution is 2.17. The molecule has 1 aliphatic heterocycles. The van der Waals surface area contributed by atoms with Crippen LogP contribution in [0.15, 0.2) is 18.2 Å². The zero-order valence-electron chi connectivity index (χ0n) is 16.6. The van der Waals surface area contributed by atoms with Crippen LogP contribution in [0.2, 0.25) is 5.02 Å². The molecule has 4 nitrogen and oxygen atoms in total. The number of hydrogen-bond donors (Lipinski definition) is 0. The summed E-state index contributed by atoms with van der Waals surface area (Å²) in [6, 6.07) is 7.35. The predicted octanol–water partition coefficient (Wildman–Crippen LogP) is 5.25. The van der Waals surface area contributed by atoms with Crippen LogP contribution in [0.4, 0.5) is 0 Å². The van der Waals surface area contributed by atoms with Gasteiger partial charge in [-0.2, -0.15) is 5.26 Å². The van der Waals surface area contributed by atoms with Gasteiger partial charge in [0.25, 0.3) is 0 Å². The molecule has 1 aromatic carbocycles. The molecule has 0 saturated carbocycles. The fraction of sp³-hybridized carbons (Fsp3) is 0.632. The summed E-state index contributed by atoms with van der Waals surface area (Å²) in [7, 11) is -2.90. The summed E-state index contributed by atoms with van der Waals surface area (Å²) in [5, 5.41) is 9.00. The minimum absolute atomic E-state index is 0.530. The molecule has 1 heterocycles. The van der Waals surface area contributed by atoms with Crippen LogP contribution < -0.4 is 0 Å². The summed E-state index contributed by atoms with van der Waals surface area (Å²) in [5.41, 5.74) is 1.61. The third kappa shape index (κ3) is 12.0. The SMILES string of the molecule is CC.CC1CCN(S(C)(=O)=O)C1.CCC.Cc1ccc(C#N)c(Cl)c1. The van der Waals surface area contributed by atoms with Crippen molar-refractivity contribution in [3.8, 4) is 6.07 Å². The van der Waals surface area contributed by atoms with E-state index in [0.717, 1.165) is 12.0 Å². The van der Waals surface area contributed by atoms with Gasteiger partial charge in [-0.05, 0) is 37.0 Å². The lowest BCUT2D eigenvalue weighted by Gasteiger charge is -2.10. The Morgan fingerprint density at radius 3 is 2.12 bits per heavy atom. The zero-order chi connectivity index (χ0) is 20.0. The van der Waals surface area contributed by atoms with Gasteiger partial charge in [0.2, 0.25) is 10.0 Å². The van der Waals surface area contributed by atoms with Crippen molar-refractivity contribution in [1.29, 1.82) is 5.26 Å². The molecule has 1 atom stereocenters. The lowest BCUT2D eigenvalue weighted by atomic mass is 10.2. The molecule has 144 valence electrons. The van der Waals surface area contributed by atoms with E-state index in [1.165, 1.54) is 17.0 Å². The normalized spacial score (nSPS) is 16.2. The Balaban J connectivity index is 0. The molecule has 1 aliphatic rings. The van der Waals surface area contributed by atoms with E-state index in [1.807, 2.05) is 32.9 Å². The Morgan fingerprint density at radius 1 is 1.32 bits per heavy atom. The van der Waals surface area contributed by atoms with Crippen LogP contribution in [0.3, 0.4) is 0 Å². The molecule has 1 unspecified atom stereocenters. The Morgan fingerprint density at radius 2 is 1.84 bits per heavy atom. The highest BCUT2D eigenvalue weighted by Gasteiger charge is 2.25. The molecule has 0 spiro atoms. The molecule has 1 saturated heterocycles. The molecule has 1 aromatic rings. The Hall–Kier alpha value is -1.09. The van der Waals surface area contributed by atoms with Crippen molar-refractivity contribution in [2.75, 3.05) is 19.3 Å². The monoisotopic (exact) mass is 388 g/mol. The molecule has 0 radical (unpaired) electrons. The van der Waals surface area contributed by atoms with Gasteiger partial charge in [-0.3, -0.25) is 0 Å². The van der Waals surface area contributed by atoms with E-state index < -0.39 is 10.0 Å². The van der Waals surface area contributed by atoms with Gasteiger partial charge in [0, 0.05) is 13.1 Å². The maximum atomic E-state index is 10.9. The van der Waals surface area contributed by atoms with E-state index in [2.05, 4.69) is 20.8 Å². The third-order valence-corrected chi connectivity index (χ3v) is 4.68. The minimum Gasteiger partial charge on any atom is -0.213 e. The lowest BCUT2D eigenvalue weighted by molar-refractivity contribution is 0.469. The summed E-state index contributed by atoms with van der Waals surface area (Å²) < 4.78 is 23.3.